The Kier molecular flexibility index (Phi) is 6.45. The lowest BCUT2D eigenvalue weighted by Crippen LogP contribution is -2.51. The molecule has 27 heavy (non-hydrogen) atoms. The third kappa shape index (κ3) is 4.47. The van der Waals surface area contributed by atoms with Gasteiger partial charge in [-0.3, -0.25) is 4.99 Å². The Morgan fingerprint density at radius 2 is 1.93 bits per heavy atom. The van der Waals surface area contributed by atoms with Crippen molar-refractivity contribution in [1.82, 2.24) is 29.6 Å². The van der Waals surface area contributed by atoms with Crippen molar-refractivity contribution in [2.75, 3.05) is 37.6 Å². The Balaban J connectivity index is 0.00000210. The number of fused-ring (bicyclic) bond motifs is 1. The molecular weight excluding hydrogens is 457 g/mol. The Morgan fingerprint density at radius 1 is 1.19 bits per heavy atom. The van der Waals surface area contributed by atoms with E-state index >= 15 is 0 Å². The molecule has 10 heteroatoms. The number of hydrogen-bond donors (Lipinski definition) is 1. The second-order valence-electron chi connectivity index (χ2n) is 6.90. The number of hydrogen-bond acceptors (Lipinski definition) is 6. The molecule has 0 amide bonds. The molecule has 1 fully saturated rings. The summed E-state index contributed by atoms with van der Waals surface area (Å²) < 4.78 is 2.21. The van der Waals surface area contributed by atoms with Crippen molar-refractivity contribution >= 4 is 35.9 Å². The maximum Gasteiger partial charge on any atom is 0.225 e. The van der Waals surface area contributed by atoms with Crippen molar-refractivity contribution < 1.29 is 0 Å². The monoisotopic (exact) mass is 483 g/mol. The normalized spacial score (nSPS) is 20.2. The lowest BCUT2D eigenvalue weighted by atomic mass is 9.99. The summed E-state index contributed by atoms with van der Waals surface area (Å²) in [4.78, 5) is 17.6. The van der Waals surface area contributed by atoms with Gasteiger partial charge in [0.25, 0.3) is 0 Å². The molecule has 0 bridgehead atoms. The lowest BCUT2D eigenvalue weighted by molar-refractivity contribution is 0.358. The highest BCUT2D eigenvalue weighted by atomic mass is 127. The van der Waals surface area contributed by atoms with Gasteiger partial charge in [-0.1, -0.05) is 0 Å². The zero-order valence-corrected chi connectivity index (χ0v) is 17.9. The molecule has 9 nitrogen and oxygen atoms in total. The minimum absolute atomic E-state index is 0. The molecular formula is C17H26IN9. The van der Waals surface area contributed by atoms with Crippen LogP contribution in [0.2, 0.25) is 0 Å². The van der Waals surface area contributed by atoms with E-state index in [0.29, 0.717) is 11.9 Å². The quantitative estimate of drug-likeness (QED) is 0.390. The zero-order valence-electron chi connectivity index (χ0n) is 15.5. The summed E-state index contributed by atoms with van der Waals surface area (Å²) >= 11 is 0. The highest BCUT2D eigenvalue weighted by Crippen LogP contribution is 2.20. The van der Waals surface area contributed by atoms with Gasteiger partial charge < -0.3 is 20.1 Å². The van der Waals surface area contributed by atoms with Crippen molar-refractivity contribution in [2.45, 2.75) is 26.3 Å². The van der Waals surface area contributed by atoms with E-state index in [4.69, 9.17) is 5.73 Å². The molecule has 2 aromatic rings. The van der Waals surface area contributed by atoms with E-state index in [9.17, 15) is 0 Å². The lowest BCUT2D eigenvalue weighted by Gasteiger charge is -2.35. The number of halogens is 1. The third-order valence-corrected chi connectivity index (χ3v) is 5.18. The molecule has 2 aliphatic heterocycles. The second-order valence-corrected chi connectivity index (χ2v) is 6.90. The van der Waals surface area contributed by atoms with Gasteiger partial charge in [-0.25, -0.2) is 9.97 Å². The number of anilines is 1. The van der Waals surface area contributed by atoms with Gasteiger partial charge in [0.1, 0.15) is 11.6 Å². The number of aromatic nitrogens is 5. The molecule has 2 aliphatic rings. The average molecular weight is 483 g/mol. The summed E-state index contributed by atoms with van der Waals surface area (Å²) in [5.74, 6) is 4.00. The molecule has 4 rings (SSSR count). The fourth-order valence-corrected chi connectivity index (χ4v) is 3.59. The minimum Gasteiger partial charge on any atom is -0.370 e. The first kappa shape index (κ1) is 19.8. The molecule has 0 radical (unpaired) electrons. The largest absolute Gasteiger partial charge is 0.370 e. The molecule has 2 aromatic heterocycles. The molecule has 0 aliphatic carbocycles. The Morgan fingerprint density at radius 3 is 2.67 bits per heavy atom. The minimum atomic E-state index is 0. The van der Waals surface area contributed by atoms with Crippen LogP contribution in [-0.2, 0) is 13.0 Å². The second kappa shape index (κ2) is 8.81. The maximum absolute atomic E-state index is 6.25. The van der Waals surface area contributed by atoms with Crippen molar-refractivity contribution in [3.8, 4) is 0 Å². The predicted octanol–water partition coefficient (Wildman–Crippen LogP) is 0.694. The van der Waals surface area contributed by atoms with Crippen LogP contribution in [-0.4, -0.2) is 68.3 Å². The summed E-state index contributed by atoms with van der Waals surface area (Å²) in [6.45, 7) is 7.08. The first-order chi connectivity index (χ1) is 12.7. The molecule has 1 unspecified atom stereocenters. The van der Waals surface area contributed by atoms with E-state index in [1.54, 1.807) is 12.4 Å². The number of rotatable bonds is 3. The van der Waals surface area contributed by atoms with E-state index in [1.807, 2.05) is 13.0 Å². The van der Waals surface area contributed by atoms with Crippen molar-refractivity contribution in [1.29, 1.82) is 0 Å². The first-order valence-corrected chi connectivity index (χ1v) is 9.16. The van der Waals surface area contributed by atoms with E-state index in [1.165, 1.54) is 0 Å². The fraction of sp³-hybridized carbons (Fsp3) is 0.588. The van der Waals surface area contributed by atoms with Crippen molar-refractivity contribution in [3.63, 3.8) is 0 Å². The molecule has 4 heterocycles. The summed E-state index contributed by atoms with van der Waals surface area (Å²) in [5, 5.41) is 8.38. The van der Waals surface area contributed by atoms with Gasteiger partial charge in [-0.05, 0) is 25.3 Å². The number of guanidine groups is 1. The van der Waals surface area contributed by atoms with Gasteiger partial charge in [-0.2, -0.15) is 0 Å². The smallest absolute Gasteiger partial charge is 0.225 e. The zero-order chi connectivity index (χ0) is 17.9. The number of nitrogens with two attached hydrogens (primary N) is 1. The van der Waals surface area contributed by atoms with Crippen LogP contribution in [0.3, 0.4) is 0 Å². The molecule has 0 spiro atoms. The average Bonchev–Trinajstić information content (AvgIpc) is 3.07. The van der Waals surface area contributed by atoms with Gasteiger partial charge in [0.15, 0.2) is 5.96 Å². The van der Waals surface area contributed by atoms with Crippen LogP contribution < -0.4 is 10.6 Å². The Hall–Kier alpha value is -1.98. The van der Waals surface area contributed by atoms with Crippen LogP contribution in [0.25, 0.3) is 0 Å². The van der Waals surface area contributed by atoms with E-state index in [0.717, 1.165) is 69.7 Å². The van der Waals surface area contributed by atoms with Gasteiger partial charge in [0.05, 0.1) is 0 Å². The fourth-order valence-electron chi connectivity index (χ4n) is 3.59. The topological polar surface area (TPSA) is 101 Å². The predicted molar refractivity (Wildman–Crippen MR) is 114 cm³/mol. The molecule has 0 aromatic carbocycles. The van der Waals surface area contributed by atoms with Crippen LogP contribution in [0.15, 0.2) is 23.5 Å². The van der Waals surface area contributed by atoms with E-state index in [2.05, 4.69) is 39.5 Å². The number of piperazine rings is 1. The SMILES string of the molecule is Cc1nnc2n1CC(CN=C(N)N1CCN(c3ncccn3)CC1)CC2.I. The van der Waals surface area contributed by atoms with E-state index in [-0.39, 0.29) is 24.0 Å². The van der Waals surface area contributed by atoms with Gasteiger partial charge in [0, 0.05) is 58.1 Å². The molecule has 1 atom stereocenters. The summed E-state index contributed by atoms with van der Waals surface area (Å²) in [6.07, 6.45) is 5.61. The standard InChI is InChI=1S/C17H25N9.HI/c1-13-22-23-15-4-3-14(12-26(13)15)11-21-16(18)24-7-9-25(10-8-24)17-19-5-2-6-20-17;/h2,5-6,14H,3-4,7-12H2,1H3,(H2,18,21);1H. The highest BCUT2D eigenvalue weighted by Gasteiger charge is 2.23. The van der Waals surface area contributed by atoms with Gasteiger partial charge >= 0.3 is 0 Å². The van der Waals surface area contributed by atoms with E-state index < -0.39 is 0 Å². The molecule has 2 N–H and O–H groups in total. The number of aliphatic imine (C=N–C) groups is 1. The maximum atomic E-state index is 6.25. The number of aryl methyl sites for hydroxylation is 2. The number of nitrogens with zero attached hydrogens (tertiary/aromatic N) is 8. The highest BCUT2D eigenvalue weighted by molar-refractivity contribution is 14.0. The van der Waals surface area contributed by atoms with Gasteiger partial charge in [0.2, 0.25) is 5.95 Å². The molecule has 146 valence electrons. The van der Waals surface area contributed by atoms with Gasteiger partial charge in [-0.15, -0.1) is 34.2 Å². The van der Waals surface area contributed by atoms with Crippen LogP contribution in [0.4, 0.5) is 5.95 Å². The summed E-state index contributed by atoms with van der Waals surface area (Å²) in [5.41, 5.74) is 6.25. The van der Waals surface area contributed by atoms with Crippen LogP contribution in [0, 0.1) is 12.8 Å². The van der Waals surface area contributed by atoms with Crippen molar-refractivity contribution in [3.05, 3.63) is 30.1 Å². The third-order valence-electron chi connectivity index (χ3n) is 5.18. The first-order valence-electron chi connectivity index (χ1n) is 9.16. The Bertz CT molecular complexity index is 768. The van der Waals surface area contributed by atoms with Crippen molar-refractivity contribution in [2.24, 2.45) is 16.6 Å². The van der Waals surface area contributed by atoms with Crippen LogP contribution in [0.5, 0.6) is 0 Å². The molecule has 0 saturated carbocycles. The van der Waals surface area contributed by atoms with Crippen LogP contribution in [0.1, 0.15) is 18.1 Å². The summed E-state index contributed by atoms with van der Waals surface area (Å²) in [7, 11) is 0. The van der Waals surface area contributed by atoms with Crippen LogP contribution >= 0.6 is 24.0 Å². The Labute approximate surface area is 176 Å². The molecule has 1 saturated heterocycles. The summed E-state index contributed by atoms with van der Waals surface area (Å²) in [6, 6.07) is 1.83.